The molecule has 1 rings (SSSR count). The van der Waals surface area contributed by atoms with E-state index < -0.39 is 0 Å². The van der Waals surface area contributed by atoms with Crippen LogP contribution in [0, 0.1) is 0 Å². The Morgan fingerprint density at radius 1 is 1.82 bits per heavy atom. The quantitative estimate of drug-likeness (QED) is 0.554. The smallest absolute Gasteiger partial charge is 0.317 e. The van der Waals surface area contributed by atoms with Crippen molar-refractivity contribution >= 4 is 6.03 Å². The molecule has 1 atom stereocenters. The number of urea groups is 1. The normalized spacial score (nSPS) is 23.8. The van der Waals surface area contributed by atoms with Gasteiger partial charge in [0.05, 0.1) is 12.6 Å². The van der Waals surface area contributed by atoms with Crippen molar-refractivity contribution in [2.45, 2.75) is 18.9 Å². The summed E-state index contributed by atoms with van der Waals surface area (Å²) in [4.78, 5) is 12.8. The Morgan fingerprint density at radius 3 is 3.09 bits per heavy atom. The van der Waals surface area contributed by atoms with E-state index in [9.17, 15) is 4.79 Å². The Labute approximate surface area is 66.2 Å². The highest BCUT2D eigenvalue weighted by molar-refractivity contribution is 5.74. The Morgan fingerprint density at radius 2 is 2.55 bits per heavy atom. The van der Waals surface area contributed by atoms with Crippen LogP contribution in [0.25, 0.3) is 0 Å². The minimum atomic E-state index is -0.0819. The molecular weight excluding hydrogens is 144 g/mol. The summed E-state index contributed by atoms with van der Waals surface area (Å²) in [7, 11) is 1.61. The molecule has 1 aliphatic rings. The zero-order valence-electron chi connectivity index (χ0n) is 6.71. The number of likely N-dealkylation sites (tertiary alicyclic amines) is 1. The molecule has 2 amide bonds. The summed E-state index contributed by atoms with van der Waals surface area (Å²) in [6.45, 7) is 0.846. The molecule has 0 aromatic rings. The first-order chi connectivity index (χ1) is 5.29. The van der Waals surface area contributed by atoms with Crippen molar-refractivity contribution in [3.8, 4) is 0 Å². The van der Waals surface area contributed by atoms with Crippen LogP contribution < -0.4 is 5.32 Å². The Bertz CT molecular complexity index is 149. The molecule has 1 fully saturated rings. The lowest BCUT2D eigenvalue weighted by Crippen LogP contribution is -2.42. The first-order valence-electron chi connectivity index (χ1n) is 3.88. The SMILES string of the molecule is CNC(=O)N1CCCC1CO. The summed E-state index contributed by atoms with van der Waals surface area (Å²) in [6.07, 6.45) is 1.92. The molecule has 1 saturated heterocycles. The second kappa shape index (κ2) is 3.57. The van der Waals surface area contributed by atoms with Gasteiger partial charge in [0, 0.05) is 13.6 Å². The maximum absolute atomic E-state index is 11.1. The topological polar surface area (TPSA) is 52.6 Å². The minimum Gasteiger partial charge on any atom is -0.394 e. The predicted octanol–water partition coefficient (Wildman–Crippen LogP) is -0.217. The van der Waals surface area contributed by atoms with Crippen LogP contribution in [0.15, 0.2) is 0 Å². The standard InChI is InChI=1S/C7H14N2O2/c1-8-7(11)9-4-2-3-6(9)5-10/h6,10H,2-5H2,1H3,(H,8,11). The van der Waals surface area contributed by atoms with E-state index in [1.54, 1.807) is 11.9 Å². The van der Waals surface area contributed by atoms with Crippen molar-refractivity contribution in [3.05, 3.63) is 0 Å². The van der Waals surface area contributed by atoms with Crippen LogP contribution in [0.2, 0.25) is 0 Å². The van der Waals surface area contributed by atoms with Gasteiger partial charge in [-0.25, -0.2) is 4.79 Å². The van der Waals surface area contributed by atoms with E-state index in [4.69, 9.17) is 5.11 Å². The Balaban J connectivity index is 2.49. The number of hydrogen-bond acceptors (Lipinski definition) is 2. The summed E-state index contributed by atoms with van der Waals surface area (Å²) in [6, 6.07) is -0.0449. The average molecular weight is 158 g/mol. The molecule has 1 aliphatic heterocycles. The van der Waals surface area contributed by atoms with Crippen LogP contribution in [-0.2, 0) is 0 Å². The van der Waals surface area contributed by atoms with E-state index >= 15 is 0 Å². The van der Waals surface area contributed by atoms with Gasteiger partial charge in [-0.3, -0.25) is 0 Å². The molecule has 0 aromatic heterocycles. The molecule has 0 spiro atoms. The summed E-state index contributed by atoms with van der Waals surface area (Å²) in [5.74, 6) is 0. The third kappa shape index (κ3) is 1.63. The molecule has 4 heteroatoms. The number of amides is 2. The molecule has 0 saturated carbocycles. The van der Waals surface area contributed by atoms with Crippen LogP contribution in [0.1, 0.15) is 12.8 Å². The van der Waals surface area contributed by atoms with Gasteiger partial charge in [-0.1, -0.05) is 0 Å². The predicted molar refractivity (Wildman–Crippen MR) is 41.3 cm³/mol. The highest BCUT2D eigenvalue weighted by atomic mass is 16.3. The van der Waals surface area contributed by atoms with Gasteiger partial charge in [-0.2, -0.15) is 0 Å². The largest absolute Gasteiger partial charge is 0.394 e. The maximum Gasteiger partial charge on any atom is 0.317 e. The van der Waals surface area contributed by atoms with Crippen molar-refractivity contribution in [2.75, 3.05) is 20.2 Å². The lowest BCUT2D eigenvalue weighted by Gasteiger charge is -2.21. The van der Waals surface area contributed by atoms with Gasteiger partial charge in [0.2, 0.25) is 0 Å². The molecule has 4 nitrogen and oxygen atoms in total. The van der Waals surface area contributed by atoms with E-state index in [-0.39, 0.29) is 18.7 Å². The zero-order valence-corrected chi connectivity index (χ0v) is 6.71. The molecule has 2 N–H and O–H groups in total. The monoisotopic (exact) mass is 158 g/mol. The van der Waals surface area contributed by atoms with Crippen LogP contribution >= 0.6 is 0 Å². The maximum atomic E-state index is 11.1. The van der Waals surface area contributed by atoms with Gasteiger partial charge in [0.15, 0.2) is 0 Å². The summed E-state index contributed by atoms with van der Waals surface area (Å²) in [5.41, 5.74) is 0. The van der Waals surface area contributed by atoms with Gasteiger partial charge in [-0.05, 0) is 12.8 Å². The molecular formula is C7H14N2O2. The van der Waals surface area contributed by atoms with Gasteiger partial charge in [0.25, 0.3) is 0 Å². The van der Waals surface area contributed by atoms with Crippen LogP contribution in [0.3, 0.4) is 0 Å². The Kier molecular flexibility index (Phi) is 2.70. The second-order valence-electron chi connectivity index (χ2n) is 2.73. The minimum absolute atomic E-state index is 0.0370. The van der Waals surface area contributed by atoms with Crippen molar-refractivity contribution in [3.63, 3.8) is 0 Å². The number of carbonyl (C=O) groups excluding carboxylic acids is 1. The molecule has 64 valence electrons. The van der Waals surface area contributed by atoms with Crippen LogP contribution in [-0.4, -0.2) is 42.3 Å². The van der Waals surface area contributed by atoms with Crippen molar-refractivity contribution in [1.29, 1.82) is 0 Å². The fourth-order valence-electron chi connectivity index (χ4n) is 1.44. The van der Waals surface area contributed by atoms with E-state index in [1.165, 1.54) is 0 Å². The molecule has 0 aliphatic carbocycles. The highest BCUT2D eigenvalue weighted by Crippen LogP contribution is 2.15. The number of rotatable bonds is 1. The van der Waals surface area contributed by atoms with Gasteiger partial charge in [0.1, 0.15) is 0 Å². The molecule has 1 heterocycles. The summed E-state index contributed by atoms with van der Waals surface area (Å²) >= 11 is 0. The van der Waals surface area contributed by atoms with Crippen LogP contribution in [0.4, 0.5) is 4.79 Å². The third-order valence-corrected chi connectivity index (χ3v) is 2.06. The second-order valence-corrected chi connectivity index (χ2v) is 2.73. The van der Waals surface area contributed by atoms with Gasteiger partial charge >= 0.3 is 6.03 Å². The number of nitrogens with one attached hydrogen (secondary N) is 1. The lowest BCUT2D eigenvalue weighted by atomic mass is 10.2. The number of nitrogens with zero attached hydrogens (tertiary/aromatic N) is 1. The van der Waals surface area contributed by atoms with Crippen molar-refractivity contribution < 1.29 is 9.90 Å². The van der Waals surface area contributed by atoms with Gasteiger partial charge in [-0.15, -0.1) is 0 Å². The van der Waals surface area contributed by atoms with E-state index in [1.807, 2.05) is 0 Å². The third-order valence-electron chi connectivity index (χ3n) is 2.06. The Hall–Kier alpha value is -0.770. The van der Waals surface area contributed by atoms with E-state index in [2.05, 4.69) is 5.32 Å². The average Bonchev–Trinajstić information content (AvgIpc) is 2.50. The number of aliphatic hydroxyl groups excluding tert-OH is 1. The molecule has 0 radical (unpaired) electrons. The lowest BCUT2D eigenvalue weighted by molar-refractivity contribution is 0.158. The first-order valence-corrected chi connectivity index (χ1v) is 3.88. The van der Waals surface area contributed by atoms with E-state index in [0.29, 0.717) is 0 Å². The number of aliphatic hydroxyl groups is 1. The number of carbonyl (C=O) groups is 1. The number of hydrogen-bond donors (Lipinski definition) is 2. The van der Waals surface area contributed by atoms with Gasteiger partial charge < -0.3 is 15.3 Å². The molecule has 11 heavy (non-hydrogen) atoms. The fraction of sp³-hybridized carbons (Fsp3) is 0.857. The summed E-state index contributed by atoms with van der Waals surface area (Å²) in [5, 5.41) is 11.4. The highest BCUT2D eigenvalue weighted by Gasteiger charge is 2.26. The van der Waals surface area contributed by atoms with Crippen molar-refractivity contribution in [2.24, 2.45) is 0 Å². The first kappa shape index (κ1) is 8.33. The molecule has 0 aromatic carbocycles. The molecule has 1 unspecified atom stereocenters. The van der Waals surface area contributed by atoms with E-state index in [0.717, 1.165) is 19.4 Å². The zero-order chi connectivity index (χ0) is 8.27. The van der Waals surface area contributed by atoms with Crippen LogP contribution in [0.5, 0.6) is 0 Å². The van der Waals surface area contributed by atoms with Crippen molar-refractivity contribution in [1.82, 2.24) is 10.2 Å². The fourth-order valence-corrected chi connectivity index (χ4v) is 1.44. The summed E-state index contributed by atoms with van der Waals surface area (Å²) < 4.78 is 0. The molecule has 0 bridgehead atoms.